The summed E-state index contributed by atoms with van der Waals surface area (Å²) in [5, 5.41) is 21.6. The van der Waals surface area contributed by atoms with Crippen LogP contribution in [0.1, 0.15) is 24.8 Å². The van der Waals surface area contributed by atoms with E-state index >= 15 is 0 Å². The van der Waals surface area contributed by atoms with Gasteiger partial charge in [0.1, 0.15) is 6.33 Å². The Morgan fingerprint density at radius 2 is 1.84 bits per heavy atom. The predicted octanol–water partition coefficient (Wildman–Crippen LogP) is 4.33. The molecule has 1 aromatic heterocycles. The number of unbranched alkanes of at least 4 members (excludes halogenated alkanes) is 1. The van der Waals surface area contributed by atoms with E-state index < -0.39 is 11.9 Å². The first-order valence-electron chi connectivity index (χ1n) is 12.1. The average Bonchev–Trinajstić information content (AvgIpc) is 2.92. The Morgan fingerprint density at radius 3 is 2.54 bits per heavy atom. The number of aromatic nitrogens is 2. The van der Waals surface area contributed by atoms with Gasteiger partial charge in [0, 0.05) is 31.8 Å². The van der Waals surface area contributed by atoms with Gasteiger partial charge in [-0.25, -0.2) is 19.6 Å². The van der Waals surface area contributed by atoms with Gasteiger partial charge in [-0.2, -0.15) is 0 Å². The molecule has 3 aromatic rings. The summed E-state index contributed by atoms with van der Waals surface area (Å²) in [7, 11) is 1.64. The van der Waals surface area contributed by atoms with Crippen LogP contribution in [0.25, 0.3) is 16.3 Å². The summed E-state index contributed by atoms with van der Waals surface area (Å²) >= 11 is 0. The molecule has 0 spiro atoms. The van der Waals surface area contributed by atoms with Crippen molar-refractivity contribution in [1.82, 2.24) is 14.9 Å². The molecule has 0 fully saturated rings. The molecule has 1 aliphatic rings. The Morgan fingerprint density at radius 1 is 1.08 bits per heavy atom. The van der Waals surface area contributed by atoms with Crippen LogP contribution in [0.3, 0.4) is 0 Å². The topological polar surface area (TPSA) is 125 Å². The van der Waals surface area contributed by atoms with E-state index in [9.17, 15) is 9.59 Å². The number of hydrogen-bond donors (Lipinski definition) is 3. The number of rotatable bonds is 10. The number of carbonyl (C=O) groups is 2. The lowest BCUT2D eigenvalue weighted by Gasteiger charge is -2.27. The minimum Gasteiger partial charge on any atom is -0.491 e. The lowest BCUT2D eigenvalue weighted by atomic mass is 9.94. The van der Waals surface area contributed by atoms with E-state index in [2.05, 4.69) is 68.7 Å². The van der Waals surface area contributed by atoms with Gasteiger partial charge in [0.2, 0.25) is 0 Å². The lowest BCUT2D eigenvalue weighted by Crippen LogP contribution is -2.29. The summed E-state index contributed by atoms with van der Waals surface area (Å²) in [6.07, 6.45) is 10.1. The molecule has 0 saturated carbocycles. The maximum Gasteiger partial charge on any atom is 0.328 e. The summed E-state index contributed by atoms with van der Waals surface area (Å²) in [6.45, 7) is 4.17. The summed E-state index contributed by atoms with van der Waals surface area (Å²) in [6, 6.07) is 15.3. The van der Waals surface area contributed by atoms with Crippen LogP contribution in [0.4, 0.5) is 5.82 Å². The molecular formula is C28H32N4O5. The van der Waals surface area contributed by atoms with E-state index in [0.717, 1.165) is 51.3 Å². The van der Waals surface area contributed by atoms with Crippen molar-refractivity contribution in [1.29, 1.82) is 0 Å². The third-order valence-corrected chi connectivity index (χ3v) is 5.89. The zero-order valence-corrected chi connectivity index (χ0v) is 20.8. The van der Waals surface area contributed by atoms with Gasteiger partial charge in [-0.1, -0.05) is 48.5 Å². The SMILES string of the molecule is COc1cncnc1NCCCCN1CC=C(c2cccc3ccccc23)CC1.O=C(O)C=CC(=O)O. The Bertz CT molecular complexity index is 1240. The summed E-state index contributed by atoms with van der Waals surface area (Å²) in [5.41, 5.74) is 2.88. The average molecular weight is 505 g/mol. The number of benzene rings is 2. The van der Waals surface area contributed by atoms with Crippen LogP contribution >= 0.6 is 0 Å². The zero-order chi connectivity index (χ0) is 26.5. The molecule has 0 unspecified atom stereocenters. The molecular weight excluding hydrogens is 472 g/mol. The molecule has 0 aliphatic carbocycles. The van der Waals surface area contributed by atoms with E-state index in [4.69, 9.17) is 14.9 Å². The standard InChI is InChI=1S/C24H28N4O.C4H4O4/c1-29-23-17-25-18-27-24(23)26-13-4-5-14-28-15-11-20(12-16-28)22-10-6-8-19-7-2-3-9-21(19)22;5-3(6)1-2-4(7)8/h2-3,6-11,17-18H,4-5,12-16H2,1H3,(H,25,26,27);1-2H,(H,5,6)(H,7,8). The molecule has 3 N–H and O–H groups in total. The Hall–Kier alpha value is -4.24. The molecule has 1 aliphatic heterocycles. The highest BCUT2D eigenvalue weighted by Gasteiger charge is 2.14. The number of carboxylic acid groups (broad SMARTS) is 2. The summed E-state index contributed by atoms with van der Waals surface area (Å²) < 4.78 is 5.27. The Labute approximate surface area is 216 Å². The highest BCUT2D eigenvalue weighted by Crippen LogP contribution is 2.29. The molecule has 9 nitrogen and oxygen atoms in total. The number of nitrogens with zero attached hydrogens (tertiary/aromatic N) is 3. The monoisotopic (exact) mass is 504 g/mol. The number of hydrogen-bond acceptors (Lipinski definition) is 7. The molecule has 2 heterocycles. The first-order chi connectivity index (χ1) is 18.0. The smallest absolute Gasteiger partial charge is 0.328 e. The molecule has 194 valence electrons. The number of carboxylic acids is 2. The highest BCUT2D eigenvalue weighted by molar-refractivity contribution is 5.94. The molecule has 37 heavy (non-hydrogen) atoms. The molecule has 9 heteroatoms. The zero-order valence-electron chi connectivity index (χ0n) is 20.8. The van der Waals surface area contributed by atoms with E-state index in [-0.39, 0.29) is 0 Å². The number of aliphatic carboxylic acids is 2. The van der Waals surface area contributed by atoms with E-state index in [1.807, 2.05) is 0 Å². The minimum absolute atomic E-state index is 0.558. The summed E-state index contributed by atoms with van der Waals surface area (Å²) in [5.74, 6) is -1.06. The normalized spacial score (nSPS) is 13.5. The van der Waals surface area contributed by atoms with Crippen LogP contribution in [-0.2, 0) is 9.59 Å². The van der Waals surface area contributed by atoms with Crippen LogP contribution < -0.4 is 10.1 Å². The maximum absolute atomic E-state index is 9.55. The van der Waals surface area contributed by atoms with Crippen LogP contribution in [0.15, 0.2) is 73.2 Å². The number of anilines is 1. The van der Waals surface area contributed by atoms with Crippen molar-refractivity contribution in [2.45, 2.75) is 19.3 Å². The molecule has 0 amide bonds. The fraction of sp³-hybridized carbons (Fsp3) is 0.286. The Balaban J connectivity index is 0.000000414. The van der Waals surface area contributed by atoms with Gasteiger partial charge in [-0.05, 0) is 47.7 Å². The fourth-order valence-corrected chi connectivity index (χ4v) is 4.07. The van der Waals surface area contributed by atoms with Crippen LogP contribution in [0.2, 0.25) is 0 Å². The minimum atomic E-state index is -1.26. The van der Waals surface area contributed by atoms with Gasteiger partial charge in [0.15, 0.2) is 11.6 Å². The molecule has 0 saturated heterocycles. The van der Waals surface area contributed by atoms with Gasteiger partial charge in [0.25, 0.3) is 0 Å². The second-order valence-corrected chi connectivity index (χ2v) is 8.39. The van der Waals surface area contributed by atoms with Crippen molar-refractivity contribution in [3.8, 4) is 5.75 Å². The van der Waals surface area contributed by atoms with Crippen molar-refractivity contribution in [2.24, 2.45) is 0 Å². The predicted molar refractivity (Wildman–Crippen MR) is 144 cm³/mol. The number of ether oxygens (including phenoxy) is 1. The number of methoxy groups -OCH3 is 1. The van der Waals surface area contributed by atoms with Gasteiger partial charge in [-0.3, -0.25) is 4.90 Å². The summed E-state index contributed by atoms with van der Waals surface area (Å²) in [4.78, 5) is 29.9. The van der Waals surface area contributed by atoms with Crippen LogP contribution in [0.5, 0.6) is 5.75 Å². The first kappa shape index (κ1) is 27.3. The van der Waals surface area contributed by atoms with Crippen LogP contribution in [0, 0.1) is 0 Å². The highest BCUT2D eigenvalue weighted by atomic mass is 16.5. The largest absolute Gasteiger partial charge is 0.491 e. The van der Waals surface area contributed by atoms with Gasteiger partial charge >= 0.3 is 11.9 Å². The quantitative estimate of drug-likeness (QED) is 0.273. The van der Waals surface area contributed by atoms with Gasteiger partial charge in [0.05, 0.1) is 13.3 Å². The van der Waals surface area contributed by atoms with Crippen LogP contribution in [-0.4, -0.2) is 70.3 Å². The molecule has 0 atom stereocenters. The number of fused-ring (bicyclic) bond motifs is 1. The van der Waals surface area contributed by atoms with Crippen molar-refractivity contribution < 1.29 is 24.5 Å². The molecule has 2 aromatic carbocycles. The second kappa shape index (κ2) is 14.4. The Kier molecular flexibility index (Phi) is 10.6. The van der Waals surface area contributed by atoms with Gasteiger partial charge in [-0.15, -0.1) is 0 Å². The first-order valence-corrected chi connectivity index (χ1v) is 12.1. The molecule has 4 rings (SSSR count). The number of nitrogens with one attached hydrogen (secondary N) is 1. The molecule has 0 radical (unpaired) electrons. The van der Waals surface area contributed by atoms with E-state index in [1.165, 1.54) is 21.9 Å². The van der Waals surface area contributed by atoms with Crippen molar-refractivity contribution in [2.75, 3.05) is 38.6 Å². The fourth-order valence-electron chi connectivity index (χ4n) is 4.07. The van der Waals surface area contributed by atoms with Gasteiger partial charge < -0.3 is 20.3 Å². The third-order valence-electron chi connectivity index (χ3n) is 5.89. The molecule has 0 bridgehead atoms. The lowest BCUT2D eigenvalue weighted by molar-refractivity contribution is -0.134. The van der Waals surface area contributed by atoms with Crippen molar-refractivity contribution in [3.05, 3.63) is 78.8 Å². The third kappa shape index (κ3) is 8.73. The van der Waals surface area contributed by atoms with Crippen molar-refractivity contribution in [3.63, 3.8) is 0 Å². The maximum atomic E-state index is 9.55. The van der Waals surface area contributed by atoms with E-state index in [1.54, 1.807) is 19.6 Å². The van der Waals surface area contributed by atoms with Crippen molar-refractivity contribution >= 4 is 34.1 Å². The second-order valence-electron chi connectivity index (χ2n) is 8.39. The van der Waals surface area contributed by atoms with E-state index in [0.29, 0.717) is 17.9 Å².